The summed E-state index contributed by atoms with van der Waals surface area (Å²) < 4.78 is 37.3. The average Bonchev–Trinajstić information content (AvgIpc) is 2.79. The normalized spacial score (nSPS) is 13.6. The lowest BCUT2D eigenvalue weighted by Gasteiger charge is -2.08. The number of aromatic amines is 1. The zero-order valence-electron chi connectivity index (χ0n) is 9.83. The van der Waals surface area contributed by atoms with Crippen LogP contribution >= 0.6 is 0 Å². The number of nitrogens with zero attached hydrogens (tertiary/aromatic N) is 1. The summed E-state index contributed by atoms with van der Waals surface area (Å²) in [4.78, 5) is 6.14. The Balaban J connectivity index is 2.10. The standard InChI is InChI=1S/C13H13F3N2/c1-9(7-10-5-3-2-4-6-10)12-17-8-11(18-12)13(14,15)16/h2-6,8-9H,7H2,1H3,(H,17,18)/t9-/m0/s1. The fraction of sp³-hybridized carbons (Fsp3) is 0.308. The van der Waals surface area contributed by atoms with Crippen molar-refractivity contribution in [3.63, 3.8) is 0 Å². The Morgan fingerprint density at radius 1 is 1.22 bits per heavy atom. The smallest absolute Gasteiger partial charge is 0.338 e. The lowest BCUT2D eigenvalue weighted by atomic mass is 10.0. The Hall–Kier alpha value is -1.78. The zero-order valence-corrected chi connectivity index (χ0v) is 9.83. The van der Waals surface area contributed by atoms with E-state index in [1.54, 1.807) is 0 Å². The number of halogens is 3. The summed E-state index contributed by atoms with van der Waals surface area (Å²) in [6.45, 7) is 1.85. The summed E-state index contributed by atoms with van der Waals surface area (Å²) in [7, 11) is 0. The predicted octanol–water partition coefficient (Wildman–Crippen LogP) is 3.77. The number of hydrogen-bond donors (Lipinski definition) is 1. The minimum Gasteiger partial charge on any atom is -0.338 e. The lowest BCUT2D eigenvalue weighted by Crippen LogP contribution is -2.06. The maximum Gasteiger partial charge on any atom is 0.432 e. The third-order valence-electron chi connectivity index (χ3n) is 2.75. The first-order valence-corrected chi connectivity index (χ1v) is 5.63. The van der Waals surface area contributed by atoms with Crippen molar-refractivity contribution >= 4 is 0 Å². The van der Waals surface area contributed by atoms with E-state index in [4.69, 9.17) is 0 Å². The van der Waals surface area contributed by atoms with Crippen LogP contribution < -0.4 is 0 Å². The third-order valence-corrected chi connectivity index (χ3v) is 2.75. The maximum absolute atomic E-state index is 12.4. The first-order valence-electron chi connectivity index (χ1n) is 5.63. The number of hydrogen-bond acceptors (Lipinski definition) is 1. The van der Waals surface area contributed by atoms with E-state index >= 15 is 0 Å². The summed E-state index contributed by atoms with van der Waals surface area (Å²) in [5.74, 6) is 0.287. The Morgan fingerprint density at radius 2 is 1.89 bits per heavy atom. The van der Waals surface area contributed by atoms with Gasteiger partial charge in [0.1, 0.15) is 11.5 Å². The molecule has 0 unspecified atom stereocenters. The second-order valence-electron chi connectivity index (χ2n) is 4.27. The molecule has 1 aromatic heterocycles. The number of H-pyrrole nitrogens is 1. The van der Waals surface area contributed by atoms with Crippen LogP contribution in [0.3, 0.4) is 0 Å². The van der Waals surface area contributed by atoms with Gasteiger partial charge in [-0.2, -0.15) is 13.2 Å². The van der Waals surface area contributed by atoms with Crippen LogP contribution in [0.2, 0.25) is 0 Å². The summed E-state index contributed by atoms with van der Waals surface area (Å²) in [6.07, 6.45) is -2.86. The van der Waals surface area contributed by atoms with Gasteiger partial charge in [-0.25, -0.2) is 4.98 Å². The molecule has 2 aromatic rings. The van der Waals surface area contributed by atoms with Crippen LogP contribution in [0, 0.1) is 0 Å². The van der Waals surface area contributed by atoms with Crippen LogP contribution in [0.25, 0.3) is 0 Å². The molecule has 0 amide bonds. The van der Waals surface area contributed by atoms with Gasteiger partial charge in [-0.05, 0) is 12.0 Å². The molecule has 1 aromatic carbocycles. The molecule has 0 aliphatic rings. The van der Waals surface area contributed by atoms with Crippen LogP contribution in [0.4, 0.5) is 13.2 Å². The van der Waals surface area contributed by atoms with Crippen molar-refractivity contribution in [2.45, 2.75) is 25.4 Å². The van der Waals surface area contributed by atoms with E-state index in [0.717, 1.165) is 11.8 Å². The number of imidazole rings is 1. The van der Waals surface area contributed by atoms with Gasteiger partial charge in [-0.15, -0.1) is 0 Å². The SMILES string of the molecule is C[C@@H](Cc1ccccc1)c1ncc(C(F)(F)F)[nH]1. The van der Waals surface area contributed by atoms with Gasteiger partial charge in [0.15, 0.2) is 0 Å². The largest absolute Gasteiger partial charge is 0.432 e. The number of nitrogens with one attached hydrogen (secondary N) is 1. The van der Waals surface area contributed by atoms with Crippen LogP contribution in [0.1, 0.15) is 29.9 Å². The highest BCUT2D eigenvalue weighted by atomic mass is 19.4. The van der Waals surface area contributed by atoms with Crippen molar-refractivity contribution in [1.82, 2.24) is 9.97 Å². The molecule has 1 atom stereocenters. The van der Waals surface area contributed by atoms with Gasteiger partial charge >= 0.3 is 6.18 Å². The fourth-order valence-corrected chi connectivity index (χ4v) is 1.80. The van der Waals surface area contributed by atoms with Crippen molar-refractivity contribution in [2.24, 2.45) is 0 Å². The first kappa shape index (κ1) is 12.7. The summed E-state index contributed by atoms with van der Waals surface area (Å²) in [5.41, 5.74) is 0.285. The summed E-state index contributed by atoms with van der Waals surface area (Å²) >= 11 is 0. The quantitative estimate of drug-likeness (QED) is 0.887. The molecule has 0 spiro atoms. The van der Waals surface area contributed by atoms with Gasteiger partial charge in [-0.1, -0.05) is 37.3 Å². The van der Waals surface area contributed by atoms with Crippen molar-refractivity contribution in [1.29, 1.82) is 0 Å². The molecule has 18 heavy (non-hydrogen) atoms. The van der Waals surface area contributed by atoms with E-state index in [1.165, 1.54) is 0 Å². The van der Waals surface area contributed by atoms with Crippen molar-refractivity contribution in [3.8, 4) is 0 Å². The molecule has 0 saturated carbocycles. The highest BCUT2D eigenvalue weighted by molar-refractivity contribution is 5.18. The summed E-state index contributed by atoms with van der Waals surface area (Å²) in [6, 6.07) is 9.62. The molecular formula is C13H13F3N2. The summed E-state index contributed by atoms with van der Waals surface area (Å²) in [5, 5.41) is 0. The molecule has 0 bridgehead atoms. The highest BCUT2D eigenvalue weighted by Gasteiger charge is 2.33. The third kappa shape index (κ3) is 2.91. The highest BCUT2D eigenvalue weighted by Crippen LogP contribution is 2.29. The molecular weight excluding hydrogens is 241 g/mol. The van der Waals surface area contributed by atoms with Gasteiger partial charge in [0, 0.05) is 5.92 Å². The predicted molar refractivity (Wildman–Crippen MR) is 62.2 cm³/mol. The number of benzene rings is 1. The van der Waals surface area contributed by atoms with E-state index in [-0.39, 0.29) is 5.92 Å². The van der Waals surface area contributed by atoms with Crippen LogP contribution in [-0.2, 0) is 12.6 Å². The molecule has 0 aliphatic heterocycles. The van der Waals surface area contributed by atoms with E-state index in [2.05, 4.69) is 9.97 Å². The molecule has 2 nitrogen and oxygen atoms in total. The maximum atomic E-state index is 12.4. The molecule has 1 heterocycles. The van der Waals surface area contributed by atoms with E-state index in [9.17, 15) is 13.2 Å². The minimum absolute atomic E-state index is 0.0801. The molecule has 2 rings (SSSR count). The topological polar surface area (TPSA) is 28.7 Å². The Morgan fingerprint density at radius 3 is 2.44 bits per heavy atom. The fourth-order valence-electron chi connectivity index (χ4n) is 1.80. The monoisotopic (exact) mass is 254 g/mol. The zero-order chi connectivity index (χ0) is 13.2. The van der Waals surface area contributed by atoms with Crippen LogP contribution in [-0.4, -0.2) is 9.97 Å². The van der Waals surface area contributed by atoms with Crippen LogP contribution in [0.15, 0.2) is 36.5 Å². The van der Waals surface area contributed by atoms with Crippen molar-refractivity contribution in [2.75, 3.05) is 0 Å². The molecule has 96 valence electrons. The van der Waals surface area contributed by atoms with Crippen molar-refractivity contribution < 1.29 is 13.2 Å². The van der Waals surface area contributed by atoms with Crippen molar-refractivity contribution in [3.05, 3.63) is 53.6 Å². The second kappa shape index (κ2) is 4.84. The molecule has 5 heteroatoms. The molecule has 0 saturated heterocycles. The van der Waals surface area contributed by atoms with E-state index in [0.29, 0.717) is 12.2 Å². The van der Waals surface area contributed by atoms with E-state index in [1.807, 2.05) is 37.3 Å². The number of rotatable bonds is 3. The number of aromatic nitrogens is 2. The van der Waals surface area contributed by atoms with Gasteiger partial charge in [0.05, 0.1) is 6.20 Å². The van der Waals surface area contributed by atoms with E-state index < -0.39 is 11.9 Å². The Bertz CT molecular complexity index is 502. The van der Waals surface area contributed by atoms with Gasteiger partial charge in [-0.3, -0.25) is 0 Å². The Labute approximate surface area is 103 Å². The molecule has 0 radical (unpaired) electrons. The van der Waals surface area contributed by atoms with Crippen LogP contribution in [0.5, 0.6) is 0 Å². The second-order valence-corrected chi connectivity index (χ2v) is 4.27. The minimum atomic E-state index is -4.36. The van der Waals surface area contributed by atoms with Gasteiger partial charge < -0.3 is 4.98 Å². The lowest BCUT2D eigenvalue weighted by molar-refractivity contribution is -0.140. The number of alkyl halides is 3. The molecule has 0 aliphatic carbocycles. The van der Waals surface area contributed by atoms with Gasteiger partial charge in [0.2, 0.25) is 0 Å². The molecule has 1 N–H and O–H groups in total. The molecule has 0 fully saturated rings. The van der Waals surface area contributed by atoms with Gasteiger partial charge in [0.25, 0.3) is 0 Å². The average molecular weight is 254 g/mol. The first-order chi connectivity index (χ1) is 8.47. The Kier molecular flexibility index (Phi) is 3.41.